The van der Waals surface area contributed by atoms with Crippen molar-refractivity contribution in [3.8, 4) is 5.75 Å². The Morgan fingerprint density at radius 3 is 2.47 bits per heavy atom. The van der Waals surface area contributed by atoms with Crippen molar-refractivity contribution in [2.75, 3.05) is 7.11 Å². The van der Waals surface area contributed by atoms with Crippen LogP contribution in [0.25, 0.3) is 0 Å². The summed E-state index contributed by atoms with van der Waals surface area (Å²) in [6.45, 7) is 3.78. The highest BCUT2D eigenvalue weighted by Gasteiger charge is 2.44. The Balaban J connectivity index is 1.99. The van der Waals surface area contributed by atoms with Crippen LogP contribution in [-0.2, 0) is 4.79 Å². The van der Waals surface area contributed by atoms with Crippen LogP contribution in [-0.4, -0.2) is 18.6 Å². The van der Waals surface area contributed by atoms with Gasteiger partial charge in [0.05, 0.1) is 18.7 Å². The molecule has 2 rings (SSSR count). The molecule has 0 radical (unpaired) electrons. The second kappa shape index (κ2) is 5.21. The molecule has 1 aromatic rings. The van der Waals surface area contributed by atoms with Gasteiger partial charge in [-0.05, 0) is 50.3 Å². The standard InChI is InChI=1S/C15H22N2O2/c1-10(11-4-8-13(19-3)9-5-11)17-14(18)15(2,16)12-6-7-12/h4-5,8-10,12H,6-7,16H2,1-3H3,(H,17,18)/t10-,15?/m0/s1. The maximum atomic E-state index is 12.2. The lowest BCUT2D eigenvalue weighted by atomic mass is 9.95. The van der Waals surface area contributed by atoms with Crippen molar-refractivity contribution in [2.24, 2.45) is 11.7 Å². The third kappa shape index (κ3) is 3.07. The molecule has 1 aromatic carbocycles. The number of nitrogens with two attached hydrogens (primary N) is 1. The van der Waals surface area contributed by atoms with Gasteiger partial charge in [-0.2, -0.15) is 0 Å². The molecule has 19 heavy (non-hydrogen) atoms. The fourth-order valence-electron chi connectivity index (χ4n) is 2.20. The summed E-state index contributed by atoms with van der Waals surface area (Å²) in [6, 6.07) is 7.63. The van der Waals surface area contributed by atoms with E-state index >= 15 is 0 Å². The van der Waals surface area contributed by atoms with Crippen molar-refractivity contribution in [3.63, 3.8) is 0 Å². The average molecular weight is 262 g/mol. The van der Waals surface area contributed by atoms with E-state index in [9.17, 15) is 4.79 Å². The van der Waals surface area contributed by atoms with Gasteiger partial charge in [-0.25, -0.2) is 0 Å². The van der Waals surface area contributed by atoms with Crippen LogP contribution in [0.5, 0.6) is 5.75 Å². The predicted molar refractivity (Wildman–Crippen MR) is 74.9 cm³/mol. The number of nitrogens with one attached hydrogen (secondary N) is 1. The molecule has 0 aromatic heterocycles. The highest BCUT2D eigenvalue weighted by molar-refractivity contribution is 5.86. The molecule has 1 aliphatic rings. The van der Waals surface area contributed by atoms with Gasteiger partial charge in [-0.15, -0.1) is 0 Å². The minimum Gasteiger partial charge on any atom is -0.497 e. The molecule has 0 spiro atoms. The lowest BCUT2D eigenvalue weighted by Crippen LogP contribution is -2.53. The number of hydrogen-bond donors (Lipinski definition) is 2. The highest BCUT2D eigenvalue weighted by atomic mass is 16.5. The van der Waals surface area contributed by atoms with Crippen LogP contribution < -0.4 is 15.8 Å². The van der Waals surface area contributed by atoms with Crippen molar-refractivity contribution in [3.05, 3.63) is 29.8 Å². The van der Waals surface area contributed by atoms with Gasteiger partial charge in [0.2, 0.25) is 5.91 Å². The Morgan fingerprint density at radius 1 is 1.42 bits per heavy atom. The molecule has 1 aliphatic carbocycles. The topological polar surface area (TPSA) is 64.3 Å². The first-order valence-electron chi connectivity index (χ1n) is 6.69. The summed E-state index contributed by atoms with van der Waals surface area (Å²) < 4.78 is 5.12. The van der Waals surface area contributed by atoms with E-state index in [1.807, 2.05) is 38.1 Å². The zero-order valence-electron chi connectivity index (χ0n) is 11.8. The van der Waals surface area contributed by atoms with E-state index in [-0.39, 0.29) is 11.9 Å². The highest BCUT2D eigenvalue weighted by Crippen LogP contribution is 2.38. The summed E-state index contributed by atoms with van der Waals surface area (Å²) in [4.78, 5) is 12.2. The molecule has 1 fully saturated rings. The van der Waals surface area contributed by atoms with Gasteiger partial charge in [0.15, 0.2) is 0 Å². The molecule has 1 unspecified atom stereocenters. The predicted octanol–water partition coefficient (Wildman–Crippen LogP) is 2.00. The molecule has 3 N–H and O–H groups in total. The van der Waals surface area contributed by atoms with Crippen molar-refractivity contribution >= 4 is 5.91 Å². The molecule has 0 saturated heterocycles. The Hall–Kier alpha value is -1.55. The van der Waals surface area contributed by atoms with Gasteiger partial charge in [0, 0.05) is 0 Å². The average Bonchev–Trinajstić information content (AvgIpc) is 3.23. The first-order chi connectivity index (χ1) is 8.95. The Bertz CT molecular complexity index is 450. The zero-order valence-corrected chi connectivity index (χ0v) is 11.8. The Morgan fingerprint density at radius 2 is 2.00 bits per heavy atom. The van der Waals surface area contributed by atoms with E-state index < -0.39 is 5.54 Å². The molecule has 0 bridgehead atoms. The number of carbonyl (C=O) groups is 1. The maximum Gasteiger partial charge on any atom is 0.240 e. The number of hydrogen-bond acceptors (Lipinski definition) is 3. The third-order valence-electron chi connectivity index (χ3n) is 3.88. The fourth-order valence-corrected chi connectivity index (χ4v) is 2.20. The lowest BCUT2D eigenvalue weighted by molar-refractivity contribution is -0.127. The Kier molecular flexibility index (Phi) is 3.80. The van der Waals surface area contributed by atoms with E-state index in [0.29, 0.717) is 5.92 Å². The van der Waals surface area contributed by atoms with Crippen molar-refractivity contribution in [2.45, 2.75) is 38.3 Å². The van der Waals surface area contributed by atoms with Gasteiger partial charge < -0.3 is 15.8 Å². The van der Waals surface area contributed by atoms with Gasteiger partial charge in [-0.1, -0.05) is 12.1 Å². The summed E-state index contributed by atoms with van der Waals surface area (Å²) >= 11 is 0. The summed E-state index contributed by atoms with van der Waals surface area (Å²) in [5.41, 5.74) is 6.40. The smallest absolute Gasteiger partial charge is 0.240 e. The second-order valence-corrected chi connectivity index (χ2v) is 5.53. The van der Waals surface area contributed by atoms with Crippen LogP contribution in [0, 0.1) is 5.92 Å². The first-order valence-corrected chi connectivity index (χ1v) is 6.69. The SMILES string of the molecule is COc1ccc([C@H](C)NC(=O)C(C)(N)C2CC2)cc1. The van der Waals surface area contributed by atoms with E-state index in [4.69, 9.17) is 10.5 Å². The third-order valence-corrected chi connectivity index (χ3v) is 3.88. The van der Waals surface area contributed by atoms with Crippen LogP contribution in [0.3, 0.4) is 0 Å². The molecule has 4 heteroatoms. The van der Waals surface area contributed by atoms with Crippen molar-refractivity contribution in [1.82, 2.24) is 5.32 Å². The lowest BCUT2D eigenvalue weighted by Gasteiger charge is -2.26. The largest absolute Gasteiger partial charge is 0.497 e. The van der Waals surface area contributed by atoms with E-state index in [1.54, 1.807) is 7.11 Å². The van der Waals surface area contributed by atoms with Crippen LogP contribution in [0.4, 0.5) is 0 Å². The van der Waals surface area contributed by atoms with E-state index in [0.717, 1.165) is 24.2 Å². The number of ether oxygens (including phenoxy) is 1. The fraction of sp³-hybridized carbons (Fsp3) is 0.533. The first kappa shape index (κ1) is 13.9. The number of benzene rings is 1. The van der Waals surface area contributed by atoms with Crippen molar-refractivity contribution < 1.29 is 9.53 Å². The molecule has 4 nitrogen and oxygen atoms in total. The second-order valence-electron chi connectivity index (χ2n) is 5.53. The van der Waals surface area contributed by atoms with Gasteiger partial charge in [0.25, 0.3) is 0 Å². The van der Waals surface area contributed by atoms with Crippen LogP contribution >= 0.6 is 0 Å². The molecule has 1 saturated carbocycles. The minimum atomic E-state index is -0.749. The Labute approximate surface area is 114 Å². The molecular formula is C15H22N2O2. The van der Waals surface area contributed by atoms with Gasteiger partial charge >= 0.3 is 0 Å². The minimum absolute atomic E-state index is 0.0555. The molecule has 2 atom stereocenters. The normalized spacial score (nSPS) is 19.4. The van der Waals surface area contributed by atoms with Gasteiger partial charge in [0.1, 0.15) is 5.75 Å². The molecular weight excluding hydrogens is 240 g/mol. The van der Waals surface area contributed by atoms with E-state index in [2.05, 4.69) is 5.32 Å². The van der Waals surface area contributed by atoms with Gasteiger partial charge in [-0.3, -0.25) is 4.79 Å². The molecule has 0 aliphatic heterocycles. The van der Waals surface area contributed by atoms with E-state index in [1.165, 1.54) is 0 Å². The van der Waals surface area contributed by atoms with Crippen LogP contribution in [0.15, 0.2) is 24.3 Å². The summed E-state index contributed by atoms with van der Waals surface area (Å²) in [5, 5.41) is 2.99. The summed E-state index contributed by atoms with van der Waals surface area (Å²) in [6.07, 6.45) is 2.11. The quantitative estimate of drug-likeness (QED) is 0.853. The number of methoxy groups -OCH3 is 1. The van der Waals surface area contributed by atoms with Crippen molar-refractivity contribution in [1.29, 1.82) is 0 Å². The number of amides is 1. The maximum absolute atomic E-state index is 12.2. The molecule has 104 valence electrons. The summed E-state index contributed by atoms with van der Waals surface area (Å²) in [7, 11) is 1.63. The zero-order chi connectivity index (χ0) is 14.0. The molecule has 0 heterocycles. The monoisotopic (exact) mass is 262 g/mol. The summed E-state index contributed by atoms with van der Waals surface area (Å²) in [5.74, 6) is 1.07. The number of carbonyl (C=O) groups excluding carboxylic acids is 1. The van der Waals surface area contributed by atoms with Crippen LogP contribution in [0.1, 0.15) is 38.3 Å². The van der Waals surface area contributed by atoms with Crippen LogP contribution in [0.2, 0.25) is 0 Å². The number of rotatable bonds is 5. The molecule has 1 amide bonds.